The van der Waals surface area contributed by atoms with Crippen LogP contribution in [0.3, 0.4) is 0 Å². The Labute approximate surface area is 62.8 Å². The quantitative estimate of drug-likeness (QED) is 0.615. The minimum absolute atomic E-state index is 0.394. The largest absolute Gasteiger partial charge is 0.388 e. The second kappa shape index (κ2) is 2.51. The van der Waals surface area contributed by atoms with Crippen LogP contribution < -0.4 is 0 Å². The molecule has 2 nitrogen and oxygen atoms in total. The Morgan fingerprint density at radius 3 is 2.30 bits per heavy atom. The number of aliphatic hydroxyl groups is 1. The number of hydrogen-bond acceptors (Lipinski definition) is 2. The zero-order valence-corrected chi connectivity index (χ0v) is 7.09. The Morgan fingerprint density at radius 2 is 2.00 bits per heavy atom. The predicted octanol–water partition coefficient (Wildman–Crippen LogP) is 0.709. The smallest absolute Gasteiger partial charge is 0.0872 e. The molecule has 10 heavy (non-hydrogen) atoms. The Balaban J connectivity index is 2.15. The van der Waals surface area contributed by atoms with Gasteiger partial charge in [-0.25, -0.2) is 0 Å². The normalized spacial score (nSPS) is 24.9. The van der Waals surface area contributed by atoms with Gasteiger partial charge in [-0.05, 0) is 12.8 Å². The summed E-state index contributed by atoms with van der Waals surface area (Å²) >= 11 is 0. The molecule has 1 aliphatic rings. The first kappa shape index (κ1) is 8.02. The van der Waals surface area contributed by atoms with Crippen molar-refractivity contribution in [2.24, 2.45) is 5.92 Å². The standard InChI is InChI=1S/C8H17NO/c1-7(2)4-9-5-8(3,10)6-9/h7,10H,4-6H2,1-3H3. The molecular formula is C8H17NO. The van der Waals surface area contributed by atoms with Crippen LogP contribution >= 0.6 is 0 Å². The van der Waals surface area contributed by atoms with E-state index in [9.17, 15) is 5.11 Å². The molecule has 0 aromatic heterocycles. The SMILES string of the molecule is CC(C)CN1CC(C)(O)C1. The van der Waals surface area contributed by atoms with Crippen molar-refractivity contribution in [2.75, 3.05) is 19.6 Å². The van der Waals surface area contributed by atoms with Gasteiger partial charge in [-0.3, -0.25) is 4.90 Å². The molecule has 0 unspecified atom stereocenters. The lowest BCUT2D eigenvalue weighted by Crippen LogP contribution is -2.60. The van der Waals surface area contributed by atoms with Crippen LogP contribution in [0.1, 0.15) is 20.8 Å². The highest BCUT2D eigenvalue weighted by atomic mass is 16.3. The van der Waals surface area contributed by atoms with Crippen LogP contribution in [0.4, 0.5) is 0 Å². The van der Waals surface area contributed by atoms with E-state index in [4.69, 9.17) is 0 Å². The fourth-order valence-electron chi connectivity index (χ4n) is 1.56. The summed E-state index contributed by atoms with van der Waals surface area (Å²) in [6, 6.07) is 0. The van der Waals surface area contributed by atoms with Crippen LogP contribution in [0.2, 0.25) is 0 Å². The number of rotatable bonds is 2. The van der Waals surface area contributed by atoms with Crippen molar-refractivity contribution in [3.05, 3.63) is 0 Å². The van der Waals surface area contributed by atoms with Gasteiger partial charge >= 0.3 is 0 Å². The summed E-state index contributed by atoms with van der Waals surface area (Å²) in [5.41, 5.74) is -0.394. The zero-order chi connectivity index (χ0) is 7.78. The summed E-state index contributed by atoms with van der Waals surface area (Å²) < 4.78 is 0. The van der Waals surface area contributed by atoms with Gasteiger partial charge in [0.2, 0.25) is 0 Å². The summed E-state index contributed by atoms with van der Waals surface area (Å²) in [4.78, 5) is 2.28. The maximum absolute atomic E-state index is 9.35. The fraction of sp³-hybridized carbons (Fsp3) is 1.00. The Hall–Kier alpha value is -0.0800. The van der Waals surface area contributed by atoms with Gasteiger partial charge in [0.25, 0.3) is 0 Å². The maximum Gasteiger partial charge on any atom is 0.0872 e. The van der Waals surface area contributed by atoms with Gasteiger partial charge in [0.1, 0.15) is 0 Å². The Kier molecular flexibility index (Phi) is 2.02. The molecule has 0 aliphatic carbocycles. The van der Waals surface area contributed by atoms with Crippen molar-refractivity contribution in [3.63, 3.8) is 0 Å². The monoisotopic (exact) mass is 143 g/mol. The van der Waals surface area contributed by atoms with Gasteiger partial charge < -0.3 is 5.11 Å². The molecule has 2 heteroatoms. The second-order valence-corrected chi connectivity index (χ2v) is 4.06. The first-order valence-corrected chi connectivity index (χ1v) is 3.94. The molecule has 1 heterocycles. The Bertz CT molecular complexity index is 110. The van der Waals surface area contributed by atoms with Crippen molar-refractivity contribution in [1.29, 1.82) is 0 Å². The highest BCUT2D eigenvalue weighted by molar-refractivity contribution is 4.91. The molecule has 1 rings (SSSR count). The molecule has 1 saturated heterocycles. The van der Waals surface area contributed by atoms with Crippen LogP contribution in [0.5, 0.6) is 0 Å². The Morgan fingerprint density at radius 1 is 1.50 bits per heavy atom. The van der Waals surface area contributed by atoms with E-state index in [1.165, 1.54) is 0 Å². The van der Waals surface area contributed by atoms with Gasteiger partial charge in [0.05, 0.1) is 5.60 Å². The molecule has 0 atom stereocenters. The number of β-amino-alcohol motifs (C(OH)–C–C–N with tert-alkyl or cyclic N) is 1. The first-order valence-electron chi connectivity index (χ1n) is 3.94. The predicted molar refractivity (Wildman–Crippen MR) is 41.9 cm³/mol. The summed E-state index contributed by atoms with van der Waals surface area (Å²) in [6.45, 7) is 9.12. The summed E-state index contributed by atoms with van der Waals surface area (Å²) in [5.74, 6) is 0.719. The number of hydrogen-bond donors (Lipinski definition) is 1. The third-order valence-electron chi connectivity index (χ3n) is 1.75. The molecule has 0 amide bonds. The van der Waals surface area contributed by atoms with Gasteiger partial charge in [-0.15, -0.1) is 0 Å². The molecule has 60 valence electrons. The van der Waals surface area contributed by atoms with Crippen LogP contribution in [0, 0.1) is 5.92 Å². The van der Waals surface area contributed by atoms with E-state index in [-0.39, 0.29) is 0 Å². The van der Waals surface area contributed by atoms with Gasteiger partial charge in [-0.2, -0.15) is 0 Å². The molecule has 0 aromatic carbocycles. The minimum atomic E-state index is -0.394. The third kappa shape index (κ3) is 1.96. The highest BCUT2D eigenvalue weighted by Crippen LogP contribution is 2.20. The minimum Gasteiger partial charge on any atom is -0.388 e. The van der Waals surface area contributed by atoms with E-state index >= 15 is 0 Å². The molecule has 1 N–H and O–H groups in total. The summed E-state index contributed by atoms with van der Waals surface area (Å²) in [7, 11) is 0. The second-order valence-electron chi connectivity index (χ2n) is 4.06. The van der Waals surface area contributed by atoms with Crippen LogP contribution in [0.25, 0.3) is 0 Å². The fourth-order valence-corrected chi connectivity index (χ4v) is 1.56. The number of nitrogens with zero attached hydrogens (tertiary/aromatic N) is 1. The van der Waals surface area contributed by atoms with Gasteiger partial charge in [0.15, 0.2) is 0 Å². The van der Waals surface area contributed by atoms with Crippen LogP contribution in [-0.2, 0) is 0 Å². The lowest BCUT2D eigenvalue weighted by atomic mass is 9.96. The molecule has 1 fully saturated rings. The molecule has 1 aliphatic heterocycles. The molecule has 0 radical (unpaired) electrons. The van der Waals surface area contributed by atoms with E-state index in [1.807, 2.05) is 6.92 Å². The highest BCUT2D eigenvalue weighted by Gasteiger charge is 2.35. The molecular weight excluding hydrogens is 126 g/mol. The van der Waals surface area contributed by atoms with E-state index in [0.717, 1.165) is 25.6 Å². The molecule has 0 spiro atoms. The third-order valence-corrected chi connectivity index (χ3v) is 1.75. The topological polar surface area (TPSA) is 23.5 Å². The van der Waals surface area contributed by atoms with Crippen molar-refractivity contribution >= 4 is 0 Å². The molecule has 0 saturated carbocycles. The van der Waals surface area contributed by atoms with E-state index in [1.54, 1.807) is 0 Å². The van der Waals surface area contributed by atoms with Crippen LogP contribution in [-0.4, -0.2) is 35.2 Å². The van der Waals surface area contributed by atoms with Crippen molar-refractivity contribution in [2.45, 2.75) is 26.4 Å². The molecule has 0 aromatic rings. The maximum atomic E-state index is 9.35. The van der Waals surface area contributed by atoms with Crippen LogP contribution in [0.15, 0.2) is 0 Å². The van der Waals surface area contributed by atoms with E-state index in [2.05, 4.69) is 18.7 Å². The summed E-state index contributed by atoms with van der Waals surface area (Å²) in [5, 5.41) is 9.35. The zero-order valence-electron chi connectivity index (χ0n) is 7.09. The van der Waals surface area contributed by atoms with Crippen molar-refractivity contribution in [1.82, 2.24) is 4.90 Å². The summed E-state index contributed by atoms with van der Waals surface area (Å²) in [6.07, 6.45) is 0. The van der Waals surface area contributed by atoms with Gasteiger partial charge in [0, 0.05) is 19.6 Å². The number of likely N-dealkylation sites (tertiary alicyclic amines) is 1. The average Bonchev–Trinajstić information content (AvgIpc) is 1.57. The van der Waals surface area contributed by atoms with Gasteiger partial charge in [-0.1, -0.05) is 13.8 Å². The van der Waals surface area contributed by atoms with Crippen molar-refractivity contribution < 1.29 is 5.11 Å². The van der Waals surface area contributed by atoms with E-state index in [0.29, 0.717) is 0 Å². The lowest BCUT2D eigenvalue weighted by Gasteiger charge is -2.45. The average molecular weight is 143 g/mol. The van der Waals surface area contributed by atoms with E-state index < -0.39 is 5.60 Å². The molecule has 0 bridgehead atoms. The lowest BCUT2D eigenvalue weighted by molar-refractivity contribution is -0.0868. The first-order chi connectivity index (χ1) is 4.49. The van der Waals surface area contributed by atoms with Crippen molar-refractivity contribution in [3.8, 4) is 0 Å².